The molecular weight excluding hydrogens is 448 g/mol. The average Bonchev–Trinajstić information content (AvgIpc) is 2.88. The fraction of sp³-hybridized carbons (Fsp3) is 0.423. The highest BCUT2D eigenvalue weighted by atomic mass is 16.6. The first-order valence-corrected chi connectivity index (χ1v) is 11.9. The van der Waals surface area contributed by atoms with Crippen LogP contribution in [0.25, 0.3) is 0 Å². The Kier molecular flexibility index (Phi) is 5.88. The zero-order valence-electron chi connectivity index (χ0n) is 20.2. The molecule has 0 saturated carbocycles. The summed E-state index contributed by atoms with van der Waals surface area (Å²) in [5, 5.41) is 2.90. The highest BCUT2D eigenvalue weighted by Crippen LogP contribution is 2.37. The maximum atomic E-state index is 13.7. The minimum Gasteiger partial charge on any atom is -0.485 e. The van der Waals surface area contributed by atoms with Crippen molar-refractivity contribution in [2.24, 2.45) is 0 Å². The van der Waals surface area contributed by atoms with Crippen LogP contribution in [0.15, 0.2) is 48.5 Å². The van der Waals surface area contributed by atoms with E-state index in [0.29, 0.717) is 49.1 Å². The summed E-state index contributed by atoms with van der Waals surface area (Å²) in [6.07, 6.45) is -0.681. The van der Waals surface area contributed by atoms with Gasteiger partial charge in [0.2, 0.25) is 17.9 Å². The Morgan fingerprint density at radius 2 is 1.66 bits per heavy atom. The number of hydrogen-bond acceptors (Lipinski definition) is 6. The number of para-hydroxylation sites is 4. The predicted molar refractivity (Wildman–Crippen MR) is 131 cm³/mol. The van der Waals surface area contributed by atoms with Gasteiger partial charge in [0.05, 0.1) is 17.4 Å². The molecular formula is C26H30N4O5. The SMILES string of the molecule is C[C@H](C(=O)N1c2ccccc2NC(=O)C1(C)C)N1CCN(C(=O)[C@H]2COc3ccccc3O2)CC1. The number of amides is 3. The van der Waals surface area contributed by atoms with E-state index in [9.17, 15) is 14.4 Å². The van der Waals surface area contributed by atoms with Gasteiger partial charge in [0.25, 0.3) is 5.91 Å². The quantitative estimate of drug-likeness (QED) is 0.727. The Balaban J connectivity index is 1.24. The van der Waals surface area contributed by atoms with Crippen molar-refractivity contribution in [2.75, 3.05) is 43.0 Å². The Bertz CT molecular complexity index is 1160. The molecule has 9 heteroatoms. The van der Waals surface area contributed by atoms with Gasteiger partial charge in [-0.3, -0.25) is 24.2 Å². The largest absolute Gasteiger partial charge is 0.485 e. The van der Waals surface area contributed by atoms with Crippen LogP contribution < -0.4 is 19.7 Å². The summed E-state index contributed by atoms with van der Waals surface area (Å²) in [6, 6.07) is 14.2. The molecule has 0 bridgehead atoms. The number of anilines is 2. The van der Waals surface area contributed by atoms with Crippen LogP contribution >= 0.6 is 0 Å². The van der Waals surface area contributed by atoms with Gasteiger partial charge in [0, 0.05) is 26.2 Å². The van der Waals surface area contributed by atoms with Crippen molar-refractivity contribution >= 4 is 29.1 Å². The van der Waals surface area contributed by atoms with Crippen LogP contribution in [0, 0.1) is 0 Å². The monoisotopic (exact) mass is 478 g/mol. The van der Waals surface area contributed by atoms with Gasteiger partial charge >= 0.3 is 0 Å². The number of carbonyl (C=O) groups is 3. The van der Waals surface area contributed by atoms with E-state index in [1.165, 1.54) is 0 Å². The lowest BCUT2D eigenvalue weighted by atomic mass is 9.95. The molecule has 2 aromatic rings. The van der Waals surface area contributed by atoms with Crippen LogP contribution in [-0.2, 0) is 14.4 Å². The summed E-state index contributed by atoms with van der Waals surface area (Å²) < 4.78 is 11.6. The molecule has 0 aromatic heterocycles. The van der Waals surface area contributed by atoms with Gasteiger partial charge in [0.1, 0.15) is 12.1 Å². The highest BCUT2D eigenvalue weighted by molar-refractivity contribution is 6.15. The van der Waals surface area contributed by atoms with E-state index >= 15 is 0 Å². The number of ether oxygens (including phenoxy) is 2. The van der Waals surface area contributed by atoms with Gasteiger partial charge in [-0.2, -0.15) is 0 Å². The molecule has 2 atom stereocenters. The van der Waals surface area contributed by atoms with E-state index in [-0.39, 0.29) is 24.3 Å². The lowest BCUT2D eigenvalue weighted by Crippen LogP contribution is -2.63. The molecule has 184 valence electrons. The molecule has 0 aliphatic carbocycles. The molecule has 3 heterocycles. The maximum absolute atomic E-state index is 13.7. The number of carbonyl (C=O) groups excluding carboxylic acids is 3. The number of nitrogens with zero attached hydrogens (tertiary/aromatic N) is 3. The molecule has 0 spiro atoms. The second kappa shape index (κ2) is 8.88. The maximum Gasteiger partial charge on any atom is 0.267 e. The van der Waals surface area contributed by atoms with E-state index in [2.05, 4.69) is 10.2 Å². The lowest BCUT2D eigenvalue weighted by molar-refractivity contribution is -0.143. The molecule has 1 saturated heterocycles. The fourth-order valence-electron chi connectivity index (χ4n) is 4.86. The minimum absolute atomic E-state index is 0.110. The minimum atomic E-state index is -1.02. The topological polar surface area (TPSA) is 91.4 Å². The molecule has 0 radical (unpaired) electrons. The van der Waals surface area contributed by atoms with Crippen LogP contribution in [0.5, 0.6) is 11.5 Å². The van der Waals surface area contributed by atoms with Gasteiger partial charge in [-0.15, -0.1) is 0 Å². The number of rotatable bonds is 3. The molecule has 1 fully saturated rings. The van der Waals surface area contributed by atoms with E-state index in [4.69, 9.17) is 9.47 Å². The molecule has 1 N–H and O–H groups in total. The van der Waals surface area contributed by atoms with Gasteiger partial charge in [0.15, 0.2) is 11.5 Å². The highest BCUT2D eigenvalue weighted by Gasteiger charge is 2.46. The van der Waals surface area contributed by atoms with Crippen molar-refractivity contribution in [3.05, 3.63) is 48.5 Å². The predicted octanol–water partition coefficient (Wildman–Crippen LogP) is 2.12. The van der Waals surface area contributed by atoms with Crippen LogP contribution in [0.3, 0.4) is 0 Å². The average molecular weight is 479 g/mol. The van der Waals surface area contributed by atoms with E-state index in [1.54, 1.807) is 35.8 Å². The summed E-state index contributed by atoms with van der Waals surface area (Å²) in [4.78, 5) is 44.9. The molecule has 3 aliphatic heterocycles. The zero-order valence-corrected chi connectivity index (χ0v) is 20.2. The van der Waals surface area contributed by atoms with Crippen LogP contribution in [0.4, 0.5) is 11.4 Å². The molecule has 35 heavy (non-hydrogen) atoms. The number of hydrogen-bond donors (Lipinski definition) is 1. The summed E-state index contributed by atoms with van der Waals surface area (Å²) in [6.45, 7) is 7.61. The Hall–Kier alpha value is -3.59. The Morgan fingerprint density at radius 3 is 2.40 bits per heavy atom. The molecule has 2 aromatic carbocycles. The van der Waals surface area contributed by atoms with Crippen molar-refractivity contribution in [2.45, 2.75) is 38.5 Å². The first-order chi connectivity index (χ1) is 16.8. The van der Waals surface area contributed by atoms with Crippen molar-refractivity contribution in [3.8, 4) is 11.5 Å². The third kappa shape index (κ3) is 4.10. The van der Waals surface area contributed by atoms with E-state index in [0.717, 1.165) is 0 Å². The van der Waals surface area contributed by atoms with Crippen LogP contribution in [0.1, 0.15) is 20.8 Å². The van der Waals surface area contributed by atoms with Gasteiger partial charge in [-0.25, -0.2) is 0 Å². The molecule has 0 unspecified atom stereocenters. The summed E-state index contributed by atoms with van der Waals surface area (Å²) in [7, 11) is 0. The molecule has 3 amide bonds. The van der Waals surface area contributed by atoms with Gasteiger partial charge in [-0.05, 0) is 45.0 Å². The van der Waals surface area contributed by atoms with Crippen LogP contribution in [0.2, 0.25) is 0 Å². The zero-order chi connectivity index (χ0) is 24.7. The Labute approximate surface area is 204 Å². The first-order valence-electron chi connectivity index (χ1n) is 11.9. The summed E-state index contributed by atoms with van der Waals surface area (Å²) in [5.41, 5.74) is 0.299. The van der Waals surface area contributed by atoms with E-state index < -0.39 is 17.7 Å². The number of nitrogens with one attached hydrogen (secondary N) is 1. The molecule has 3 aliphatic rings. The summed E-state index contributed by atoms with van der Waals surface area (Å²) >= 11 is 0. The Morgan fingerprint density at radius 1 is 1.00 bits per heavy atom. The number of fused-ring (bicyclic) bond motifs is 2. The van der Waals surface area contributed by atoms with Crippen molar-refractivity contribution < 1.29 is 23.9 Å². The van der Waals surface area contributed by atoms with Crippen molar-refractivity contribution in [3.63, 3.8) is 0 Å². The van der Waals surface area contributed by atoms with Gasteiger partial charge < -0.3 is 19.7 Å². The summed E-state index contributed by atoms with van der Waals surface area (Å²) in [5.74, 6) is 0.745. The molecule has 5 rings (SSSR count). The third-order valence-corrected chi connectivity index (χ3v) is 7.04. The fourth-order valence-corrected chi connectivity index (χ4v) is 4.86. The second-order valence-electron chi connectivity index (χ2n) is 9.61. The third-order valence-electron chi connectivity index (χ3n) is 7.04. The van der Waals surface area contributed by atoms with Crippen LogP contribution in [-0.4, -0.2) is 78.0 Å². The van der Waals surface area contributed by atoms with E-state index in [1.807, 2.05) is 43.3 Å². The molecule has 9 nitrogen and oxygen atoms in total. The standard InChI is InChI=1S/C26H30N4O5/c1-17(23(31)30-19-9-5-4-8-18(19)27-25(33)26(30,2)3)28-12-14-29(15-13-28)24(32)22-16-34-20-10-6-7-11-21(20)35-22/h4-11,17,22H,12-16H2,1-3H3,(H,27,33)/t17-,22-/m1/s1. The smallest absolute Gasteiger partial charge is 0.267 e. The number of piperazine rings is 1. The lowest BCUT2D eigenvalue weighted by Gasteiger charge is -2.45. The van der Waals surface area contributed by atoms with Gasteiger partial charge in [-0.1, -0.05) is 24.3 Å². The van der Waals surface area contributed by atoms with Crippen molar-refractivity contribution in [1.82, 2.24) is 9.80 Å². The second-order valence-corrected chi connectivity index (χ2v) is 9.61. The number of benzene rings is 2. The van der Waals surface area contributed by atoms with Crippen molar-refractivity contribution in [1.29, 1.82) is 0 Å². The normalized spacial score (nSPS) is 22.1. The first kappa shape index (κ1) is 23.2.